The summed E-state index contributed by atoms with van der Waals surface area (Å²) in [4.78, 5) is 26.9. The second-order valence-electron chi connectivity index (χ2n) is 5.45. The van der Waals surface area contributed by atoms with Crippen molar-refractivity contribution in [1.29, 1.82) is 0 Å². The van der Waals surface area contributed by atoms with Gasteiger partial charge in [-0.15, -0.1) is 11.8 Å². The van der Waals surface area contributed by atoms with E-state index in [-0.39, 0.29) is 11.8 Å². The first-order valence-corrected chi connectivity index (χ1v) is 8.67. The van der Waals surface area contributed by atoms with Gasteiger partial charge in [0, 0.05) is 35.3 Å². The fourth-order valence-electron chi connectivity index (χ4n) is 2.75. The number of fused-ring (bicyclic) bond motifs is 1. The molecule has 3 rings (SSSR count). The van der Waals surface area contributed by atoms with Crippen LogP contribution >= 0.6 is 11.8 Å². The lowest BCUT2D eigenvalue weighted by molar-refractivity contribution is -0.116. The van der Waals surface area contributed by atoms with Crippen LogP contribution in [0.5, 0.6) is 0 Å². The topological polar surface area (TPSA) is 49.4 Å². The summed E-state index contributed by atoms with van der Waals surface area (Å²) in [5.74, 6) is -0.0965. The average Bonchev–Trinajstić information content (AvgIpc) is 2.98. The van der Waals surface area contributed by atoms with E-state index in [4.69, 9.17) is 0 Å². The summed E-state index contributed by atoms with van der Waals surface area (Å²) in [7, 11) is 0. The molecule has 0 radical (unpaired) electrons. The van der Waals surface area contributed by atoms with Crippen LogP contribution in [0.4, 0.5) is 11.4 Å². The smallest absolute Gasteiger partial charge is 0.255 e. The first-order valence-electron chi connectivity index (χ1n) is 7.45. The molecular formula is C18H18N2O2S. The molecule has 0 atom stereocenters. The van der Waals surface area contributed by atoms with Crippen LogP contribution in [0, 0.1) is 0 Å². The Morgan fingerprint density at radius 2 is 1.87 bits per heavy atom. The normalized spacial score (nSPS) is 12.9. The number of carbonyl (C=O) groups excluding carboxylic acids is 2. The second-order valence-corrected chi connectivity index (χ2v) is 6.33. The van der Waals surface area contributed by atoms with Gasteiger partial charge in [-0.2, -0.15) is 0 Å². The van der Waals surface area contributed by atoms with Crippen LogP contribution in [0.1, 0.15) is 22.8 Å². The molecule has 1 heterocycles. The molecule has 2 amide bonds. The van der Waals surface area contributed by atoms with Gasteiger partial charge >= 0.3 is 0 Å². The fourth-order valence-corrected chi connectivity index (χ4v) is 3.16. The summed E-state index contributed by atoms with van der Waals surface area (Å²) < 4.78 is 0. The number of hydrogen-bond donors (Lipinski definition) is 1. The van der Waals surface area contributed by atoms with E-state index in [0.29, 0.717) is 12.1 Å². The van der Waals surface area contributed by atoms with Crippen molar-refractivity contribution in [3.05, 3.63) is 53.6 Å². The van der Waals surface area contributed by atoms with Gasteiger partial charge in [0.1, 0.15) is 0 Å². The largest absolute Gasteiger partial charge is 0.322 e. The maximum absolute atomic E-state index is 12.4. The minimum atomic E-state index is -0.133. The highest BCUT2D eigenvalue weighted by atomic mass is 32.2. The van der Waals surface area contributed by atoms with Crippen molar-refractivity contribution in [3.8, 4) is 0 Å². The predicted octanol–water partition coefficient (Wildman–Crippen LogP) is 3.57. The minimum absolute atomic E-state index is 0.0369. The zero-order chi connectivity index (χ0) is 16.4. The number of thioether (sulfide) groups is 1. The van der Waals surface area contributed by atoms with Gasteiger partial charge in [0.15, 0.2) is 0 Å². The number of benzene rings is 2. The zero-order valence-corrected chi connectivity index (χ0v) is 13.9. The van der Waals surface area contributed by atoms with Crippen molar-refractivity contribution in [2.24, 2.45) is 0 Å². The molecule has 1 N–H and O–H groups in total. The Hall–Kier alpha value is -2.27. The summed E-state index contributed by atoms with van der Waals surface area (Å²) in [6.45, 7) is 2.25. The van der Waals surface area contributed by atoms with Crippen LogP contribution in [0.2, 0.25) is 0 Å². The molecular weight excluding hydrogens is 308 g/mol. The molecule has 0 bridgehead atoms. The zero-order valence-electron chi connectivity index (χ0n) is 13.1. The lowest BCUT2D eigenvalue weighted by Crippen LogP contribution is -2.25. The van der Waals surface area contributed by atoms with E-state index < -0.39 is 0 Å². The third-order valence-electron chi connectivity index (χ3n) is 3.97. The van der Waals surface area contributed by atoms with Gasteiger partial charge in [0.25, 0.3) is 5.91 Å². The average molecular weight is 326 g/mol. The summed E-state index contributed by atoms with van der Waals surface area (Å²) in [5.41, 5.74) is 3.35. The van der Waals surface area contributed by atoms with E-state index in [1.165, 1.54) is 0 Å². The van der Waals surface area contributed by atoms with Gasteiger partial charge in [-0.1, -0.05) is 0 Å². The monoisotopic (exact) mass is 326 g/mol. The van der Waals surface area contributed by atoms with E-state index in [0.717, 1.165) is 28.3 Å². The number of anilines is 2. The van der Waals surface area contributed by atoms with Crippen molar-refractivity contribution < 1.29 is 9.59 Å². The number of hydrogen-bond acceptors (Lipinski definition) is 3. The third kappa shape index (κ3) is 3.24. The van der Waals surface area contributed by atoms with E-state index in [2.05, 4.69) is 5.32 Å². The molecule has 0 fully saturated rings. The van der Waals surface area contributed by atoms with Crippen molar-refractivity contribution in [2.75, 3.05) is 23.0 Å². The maximum Gasteiger partial charge on any atom is 0.255 e. The Labute approximate surface area is 139 Å². The molecule has 0 saturated carbocycles. The summed E-state index contributed by atoms with van der Waals surface area (Å²) in [6, 6.07) is 13.3. The highest BCUT2D eigenvalue weighted by Gasteiger charge is 2.23. The molecule has 4 nitrogen and oxygen atoms in total. The SMILES string of the molecule is CSc1ccc(NC(=O)c2ccc3c(c2)CCN3C(C)=O)cc1. The standard InChI is InChI=1S/C18H18N2O2S/c1-12(21)20-10-9-13-11-14(3-8-17(13)20)18(22)19-15-4-6-16(23-2)7-5-15/h3-8,11H,9-10H2,1-2H3,(H,19,22). The molecule has 0 aromatic heterocycles. The van der Waals surface area contributed by atoms with Crippen LogP contribution in [0.25, 0.3) is 0 Å². The Morgan fingerprint density at radius 1 is 1.13 bits per heavy atom. The quantitative estimate of drug-likeness (QED) is 0.877. The van der Waals surface area contributed by atoms with Gasteiger partial charge in [-0.25, -0.2) is 0 Å². The van der Waals surface area contributed by atoms with Crippen LogP contribution in [0.3, 0.4) is 0 Å². The summed E-state index contributed by atoms with van der Waals surface area (Å²) in [6.07, 6.45) is 2.81. The predicted molar refractivity (Wildman–Crippen MR) is 94.3 cm³/mol. The summed E-state index contributed by atoms with van der Waals surface area (Å²) >= 11 is 1.66. The van der Waals surface area contributed by atoms with Crippen LogP contribution in [0.15, 0.2) is 47.4 Å². The first-order chi connectivity index (χ1) is 11.1. The fraction of sp³-hybridized carbons (Fsp3) is 0.222. The number of carbonyl (C=O) groups is 2. The number of nitrogens with zero attached hydrogens (tertiary/aromatic N) is 1. The number of amides is 2. The molecule has 0 spiro atoms. The van der Waals surface area contributed by atoms with Crippen LogP contribution in [-0.2, 0) is 11.2 Å². The van der Waals surface area contributed by atoms with Gasteiger partial charge in [0.2, 0.25) is 5.91 Å². The Morgan fingerprint density at radius 3 is 2.52 bits per heavy atom. The van der Waals surface area contributed by atoms with Crippen LogP contribution in [-0.4, -0.2) is 24.6 Å². The first kappa shape index (κ1) is 15.6. The molecule has 23 heavy (non-hydrogen) atoms. The number of nitrogens with one attached hydrogen (secondary N) is 1. The van der Waals surface area contributed by atoms with Gasteiger partial charge in [-0.05, 0) is 60.7 Å². The molecule has 0 saturated heterocycles. The van der Waals surface area contributed by atoms with E-state index in [1.807, 2.05) is 42.7 Å². The van der Waals surface area contributed by atoms with Gasteiger partial charge in [-0.3, -0.25) is 9.59 Å². The second kappa shape index (κ2) is 6.46. The highest BCUT2D eigenvalue weighted by Crippen LogP contribution is 2.29. The van der Waals surface area contributed by atoms with Gasteiger partial charge in [0.05, 0.1) is 0 Å². The van der Waals surface area contributed by atoms with Crippen molar-refractivity contribution in [2.45, 2.75) is 18.2 Å². The highest BCUT2D eigenvalue weighted by molar-refractivity contribution is 7.98. The van der Waals surface area contributed by atoms with Crippen LogP contribution < -0.4 is 10.2 Å². The van der Waals surface area contributed by atoms with E-state index >= 15 is 0 Å². The van der Waals surface area contributed by atoms with Crippen molar-refractivity contribution in [3.63, 3.8) is 0 Å². The third-order valence-corrected chi connectivity index (χ3v) is 4.71. The van der Waals surface area contributed by atoms with Gasteiger partial charge < -0.3 is 10.2 Å². The van der Waals surface area contributed by atoms with E-state index in [1.54, 1.807) is 29.7 Å². The Balaban J connectivity index is 1.77. The lowest BCUT2D eigenvalue weighted by atomic mass is 10.1. The maximum atomic E-state index is 12.4. The molecule has 2 aromatic rings. The summed E-state index contributed by atoms with van der Waals surface area (Å²) in [5, 5.41) is 2.91. The van der Waals surface area contributed by atoms with Crippen molar-refractivity contribution in [1.82, 2.24) is 0 Å². The molecule has 118 valence electrons. The molecule has 5 heteroatoms. The molecule has 0 unspecified atom stereocenters. The minimum Gasteiger partial charge on any atom is -0.322 e. The molecule has 1 aliphatic rings. The van der Waals surface area contributed by atoms with Crippen molar-refractivity contribution >= 4 is 35.0 Å². The molecule has 2 aromatic carbocycles. The van der Waals surface area contributed by atoms with E-state index in [9.17, 15) is 9.59 Å². The lowest BCUT2D eigenvalue weighted by Gasteiger charge is -2.14. The number of rotatable bonds is 3. The Kier molecular flexibility index (Phi) is 4.39. The Bertz CT molecular complexity index is 756. The molecule has 0 aliphatic carbocycles. The molecule has 1 aliphatic heterocycles.